The van der Waals surface area contributed by atoms with Gasteiger partial charge in [-0.3, -0.25) is 0 Å². The average molecular weight is 702 g/mol. The SMILES string of the molecule is C[N+]1=C=[N+](c2[c-]ccc3c2sc2ccccc23)c2ccccc21.Cc1c[c-]c(-c2cc(C)c(C)cn2)cc1.[Ir]. The van der Waals surface area contributed by atoms with Crippen LogP contribution in [0.1, 0.15) is 16.7 Å². The Labute approximate surface area is 246 Å². The van der Waals surface area contributed by atoms with E-state index in [9.17, 15) is 0 Å². The number of fused-ring (bicyclic) bond motifs is 4. The molecule has 3 nitrogen and oxygen atoms in total. The number of hydrogen-bond acceptors (Lipinski definition) is 2. The van der Waals surface area contributed by atoms with Crippen LogP contribution in [0, 0.1) is 32.9 Å². The van der Waals surface area contributed by atoms with Crippen LogP contribution in [0.2, 0.25) is 0 Å². The Morgan fingerprint density at radius 3 is 2.36 bits per heavy atom. The van der Waals surface area contributed by atoms with Gasteiger partial charge in [-0.1, -0.05) is 58.0 Å². The molecule has 1 aliphatic heterocycles. The minimum atomic E-state index is 0. The molecule has 5 heteroatoms. The van der Waals surface area contributed by atoms with E-state index in [-0.39, 0.29) is 20.1 Å². The molecule has 193 valence electrons. The van der Waals surface area contributed by atoms with Crippen molar-refractivity contribution in [1.29, 1.82) is 0 Å². The summed E-state index contributed by atoms with van der Waals surface area (Å²) in [6, 6.07) is 39.4. The Balaban J connectivity index is 0.000000169. The van der Waals surface area contributed by atoms with Crippen LogP contribution < -0.4 is 4.58 Å². The molecule has 0 spiro atoms. The van der Waals surface area contributed by atoms with Crippen LogP contribution in [-0.4, -0.2) is 22.6 Å². The third kappa shape index (κ3) is 5.15. The van der Waals surface area contributed by atoms with Crippen molar-refractivity contribution in [3.05, 3.63) is 120 Å². The van der Waals surface area contributed by atoms with E-state index in [0.717, 1.165) is 22.6 Å². The molecule has 0 saturated carbocycles. The Morgan fingerprint density at radius 1 is 0.821 bits per heavy atom. The Morgan fingerprint density at radius 2 is 1.59 bits per heavy atom. The van der Waals surface area contributed by atoms with Crippen molar-refractivity contribution >= 4 is 54.6 Å². The molecule has 6 aromatic rings. The van der Waals surface area contributed by atoms with E-state index in [2.05, 4.69) is 121 Å². The van der Waals surface area contributed by atoms with E-state index in [1.54, 1.807) is 0 Å². The molecule has 0 unspecified atom stereocenters. The van der Waals surface area contributed by atoms with E-state index in [4.69, 9.17) is 0 Å². The van der Waals surface area contributed by atoms with Crippen molar-refractivity contribution in [2.45, 2.75) is 20.8 Å². The predicted octanol–water partition coefficient (Wildman–Crippen LogP) is 8.62. The van der Waals surface area contributed by atoms with Crippen LogP contribution in [0.25, 0.3) is 31.4 Å². The number of para-hydroxylation sites is 2. The van der Waals surface area contributed by atoms with Crippen LogP contribution in [-0.2, 0) is 20.1 Å². The van der Waals surface area contributed by atoms with Crippen molar-refractivity contribution in [2.75, 3.05) is 7.05 Å². The number of thiophene rings is 1. The number of benzene rings is 4. The number of aromatic nitrogens is 1. The number of nitrogens with zero attached hydrogens (tertiary/aromatic N) is 3. The van der Waals surface area contributed by atoms with Crippen molar-refractivity contribution in [3.63, 3.8) is 0 Å². The van der Waals surface area contributed by atoms with Crippen LogP contribution in [0.15, 0.2) is 91.1 Å². The van der Waals surface area contributed by atoms with Gasteiger partial charge in [-0.15, -0.1) is 46.8 Å². The molecule has 7 rings (SSSR count). The molecule has 2 aromatic heterocycles. The van der Waals surface area contributed by atoms with E-state index < -0.39 is 0 Å². The molecule has 1 aliphatic rings. The van der Waals surface area contributed by atoms with Gasteiger partial charge in [0.15, 0.2) is 7.05 Å². The fourth-order valence-electron chi connectivity index (χ4n) is 4.64. The Kier molecular flexibility index (Phi) is 7.70. The zero-order chi connectivity index (χ0) is 26.2. The van der Waals surface area contributed by atoms with Crippen LogP contribution >= 0.6 is 11.3 Å². The maximum atomic E-state index is 4.41. The fraction of sp³-hybridized carbons (Fsp3) is 0.118. The van der Waals surface area contributed by atoms with Gasteiger partial charge in [-0.25, -0.2) is 0 Å². The summed E-state index contributed by atoms with van der Waals surface area (Å²) < 4.78 is 6.72. The molecule has 0 atom stereocenters. The summed E-state index contributed by atoms with van der Waals surface area (Å²) in [5.41, 5.74) is 9.17. The molecule has 1 radical (unpaired) electrons. The van der Waals surface area contributed by atoms with E-state index in [0.29, 0.717) is 0 Å². The monoisotopic (exact) mass is 702 g/mol. The molecule has 0 amide bonds. The molecule has 4 aromatic carbocycles. The second-order valence-electron chi connectivity index (χ2n) is 9.58. The van der Waals surface area contributed by atoms with Gasteiger partial charge in [0.05, 0.1) is 0 Å². The van der Waals surface area contributed by atoms with Crippen LogP contribution in [0.4, 0.5) is 17.1 Å². The van der Waals surface area contributed by atoms with Gasteiger partial charge < -0.3 is 4.98 Å². The maximum Gasteiger partial charge on any atom is 0.494 e. The van der Waals surface area contributed by atoms with Crippen molar-refractivity contribution in [3.8, 4) is 11.3 Å². The maximum absolute atomic E-state index is 4.41. The summed E-state index contributed by atoms with van der Waals surface area (Å²) in [6.07, 6.45) is 1.92. The quantitative estimate of drug-likeness (QED) is 0.131. The molecule has 0 bridgehead atoms. The topological polar surface area (TPSA) is 18.9 Å². The van der Waals surface area contributed by atoms with Crippen molar-refractivity contribution in [1.82, 2.24) is 9.56 Å². The van der Waals surface area contributed by atoms with Gasteiger partial charge in [0.25, 0.3) is 11.4 Å². The van der Waals surface area contributed by atoms with E-state index in [1.165, 1.54) is 42.6 Å². The second-order valence-corrected chi connectivity index (χ2v) is 10.6. The van der Waals surface area contributed by atoms with Crippen molar-refractivity contribution in [2.24, 2.45) is 0 Å². The zero-order valence-electron chi connectivity index (χ0n) is 22.2. The van der Waals surface area contributed by atoms with Crippen LogP contribution in [0.5, 0.6) is 0 Å². The van der Waals surface area contributed by atoms with E-state index >= 15 is 0 Å². The van der Waals surface area contributed by atoms with E-state index in [1.807, 2.05) is 41.3 Å². The molecule has 39 heavy (non-hydrogen) atoms. The summed E-state index contributed by atoms with van der Waals surface area (Å²) in [5, 5.41) is 2.59. The normalized spacial score (nSPS) is 11.8. The first-order valence-corrected chi connectivity index (χ1v) is 13.4. The number of aryl methyl sites for hydroxylation is 3. The smallest absolute Gasteiger partial charge is 0.304 e. The second kappa shape index (κ2) is 11.2. The Bertz CT molecular complexity index is 1890. The van der Waals surface area contributed by atoms with Gasteiger partial charge in [0.1, 0.15) is 5.69 Å². The van der Waals surface area contributed by atoms with Gasteiger partial charge >= 0.3 is 6.01 Å². The number of hydrogen-bond donors (Lipinski definition) is 0. The zero-order valence-corrected chi connectivity index (χ0v) is 25.5. The third-order valence-corrected chi connectivity index (χ3v) is 8.09. The summed E-state index contributed by atoms with van der Waals surface area (Å²) >= 11 is 1.82. The molecule has 0 N–H and O–H groups in total. The Hall–Kier alpha value is -3.72. The molecular formula is C34H27IrN3S. The summed E-state index contributed by atoms with van der Waals surface area (Å²) in [7, 11) is 2.03. The van der Waals surface area contributed by atoms with Gasteiger partial charge in [0.2, 0.25) is 0 Å². The summed E-state index contributed by atoms with van der Waals surface area (Å²) in [5.74, 6) is 0. The van der Waals surface area contributed by atoms with Crippen molar-refractivity contribution < 1.29 is 24.7 Å². The summed E-state index contributed by atoms with van der Waals surface area (Å²) in [6.45, 7) is 6.24. The molecule has 3 heterocycles. The van der Waals surface area contributed by atoms with Gasteiger partial charge in [-0.05, 0) is 41.3 Å². The van der Waals surface area contributed by atoms with Gasteiger partial charge in [-0.2, -0.15) is 23.5 Å². The standard InChI is InChI=1S/C20H13N2S.C14H14N.Ir/c1-21-13-22(17-10-4-3-9-16(17)21)18-11-6-8-15-14-7-2-5-12-19(14)23-20(15)18;1-10-4-6-13(7-5-10)14-8-11(2)12(3)9-15-14;/h2-10,12H,1H3;4-6,8-9H,1-3H3;/q+1;-1;. The largest absolute Gasteiger partial charge is 0.494 e. The minimum Gasteiger partial charge on any atom is -0.304 e. The minimum absolute atomic E-state index is 0. The first kappa shape index (κ1) is 26.9. The molecular weight excluding hydrogens is 675 g/mol. The van der Waals surface area contributed by atoms with Crippen LogP contribution in [0.3, 0.4) is 0 Å². The molecule has 0 saturated heterocycles. The predicted molar refractivity (Wildman–Crippen MR) is 160 cm³/mol. The first-order chi connectivity index (χ1) is 18.5. The third-order valence-electron chi connectivity index (χ3n) is 6.89. The summed E-state index contributed by atoms with van der Waals surface area (Å²) in [4.78, 5) is 4.41. The fourth-order valence-corrected chi connectivity index (χ4v) is 5.83. The number of pyridine rings is 1. The number of rotatable bonds is 2. The average Bonchev–Trinajstić information content (AvgIpc) is 3.49. The van der Waals surface area contributed by atoms with Gasteiger partial charge in [0, 0.05) is 43.1 Å². The molecule has 0 aliphatic carbocycles. The first-order valence-electron chi connectivity index (χ1n) is 12.6. The molecule has 0 fully saturated rings.